The summed E-state index contributed by atoms with van der Waals surface area (Å²) >= 11 is 0. The van der Waals surface area contributed by atoms with E-state index >= 15 is 0 Å². The molecule has 7 heteroatoms. The summed E-state index contributed by atoms with van der Waals surface area (Å²) in [7, 11) is 0. The number of likely N-dealkylation sites (tertiary alicyclic amines) is 1. The molecule has 30 heavy (non-hydrogen) atoms. The van der Waals surface area contributed by atoms with Crippen molar-refractivity contribution in [2.75, 3.05) is 52.6 Å². The molecule has 3 aliphatic heterocycles. The number of piperidine rings is 1. The van der Waals surface area contributed by atoms with Crippen LogP contribution < -0.4 is 5.32 Å². The van der Waals surface area contributed by atoms with Crippen LogP contribution >= 0.6 is 0 Å². The summed E-state index contributed by atoms with van der Waals surface area (Å²) < 4.78 is 15.7. The first-order valence-electron chi connectivity index (χ1n) is 11.7. The third kappa shape index (κ3) is 10.7. The van der Waals surface area contributed by atoms with Crippen LogP contribution in [0.1, 0.15) is 59.3 Å². The fourth-order valence-electron chi connectivity index (χ4n) is 4.06. The highest BCUT2D eigenvalue weighted by atomic mass is 16.6. The number of hydrogen-bond acceptors (Lipinski definition) is 6. The molecule has 0 unspecified atom stereocenters. The molecular weight excluding hydrogens is 384 g/mol. The first-order valence-corrected chi connectivity index (χ1v) is 11.7. The van der Waals surface area contributed by atoms with E-state index in [1.54, 1.807) is 0 Å². The first kappa shape index (κ1) is 25.1. The van der Waals surface area contributed by atoms with Crippen molar-refractivity contribution in [2.45, 2.75) is 64.9 Å². The van der Waals surface area contributed by atoms with Gasteiger partial charge >= 0.3 is 6.09 Å². The van der Waals surface area contributed by atoms with Gasteiger partial charge in [-0.25, -0.2) is 4.79 Å². The molecule has 0 radical (unpaired) electrons. The lowest BCUT2D eigenvalue weighted by Crippen LogP contribution is -2.42. The monoisotopic (exact) mass is 426 g/mol. The normalized spacial score (nSPS) is 22.6. The fourth-order valence-corrected chi connectivity index (χ4v) is 4.06. The quantitative estimate of drug-likeness (QED) is 0.680. The highest BCUT2D eigenvalue weighted by molar-refractivity contribution is 5.67. The Hall–Kier alpha value is -1.18. The number of hydrogen-bond donors (Lipinski definition) is 1. The molecular formula is C23H42N2O5. The van der Waals surface area contributed by atoms with E-state index in [9.17, 15) is 9.59 Å². The third-order valence-corrected chi connectivity index (χ3v) is 5.96. The zero-order valence-electron chi connectivity index (χ0n) is 19.2. The molecule has 0 bridgehead atoms. The van der Waals surface area contributed by atoms with Crippen LogP contribution in [-0.2, 0) is 19.0 Å². The van der Waals surface area contributed by atoms with Gasteiger partial charge in [0.25, 0.3) is 0 Å². The van der Waals surface area contributed by atoms with Gasteiger partial charge in [-0.1, -0.05) is 0 Å². The van der Waals surface area contributed by atoms with Crippen LogP contribution in [0.3, 0.4) is 0 Å². The maximum absolute atomic E-state index is 11.7. The summed E-state index contributed by atoms with van der Waals surface area (Å²) in [5, 5.41) is 2.91. The van der Waals surface area contributed by atoms with E-state index in [0.29, 0.717) is 5.92 Å². The van der Waals surface area contributed by atoms with Crippen LogP contribution in [0.15, 0.2) is 0 Å². The maximum Gasteiger partial charge on any atom is 0.407 e. The van der Waals surface area contributed by atoms with Crippen LogP contribution in [0, 0.1) is 17.8 Å². The first-order chi connectivity index (χ1) is 14.4. The lowest BCUT2D eigenvalue weighted by molar-refractivity contribution is -0.113. The van der Waals surface area contributed by atoms with Gasteiger partial charge in [0, 0.05) is 45.4 Å². The van der Waals surface area contributed by atoms with Crippen molar-refractivity contribution in [2.24, 2.45) is 17.8 Å². The number of nitrogens with one attached hydrogen (secondary N) is 1. The second kappa shape index (κ2) is 13.3. The summed E-state index contributed by atoms with van der Waals surface area (Å²) in [4.78, 5) is 24.4. The van der Waals surface area contributed by atoms with E-state index < -0.39 is 5.60 Å². The van der Waals surface area contributed by atoms with Crippen molar-refractivity contribution in [1.82, 2.24) is 10.2 Å². The van der Waals surface area contributed by atoms with Crippen molar-refractivity contribution in [3.63, 3.8) is 0 Å². The number of rotatable bonds is 5. The Morgan fingerprint density at radius 2 is 1.53 bits per heavy atom. The van der Waals surface area contributed by atoms with E-state index in [4.69, 9.17) is 14.2 Å². The number of alkyl carbamates (subject to hydrolysis) is 1. The van der Waals surface area contributed by atoms with E-state index in [1.807, 2.05) is 20.8 Å². The molecule has 0 aromatic heterocycles. The summed E-state index contributed by atoms with van der Waals surface area (Å²) in [6.45, 7) is 13.3. The smallest absolute Gasteiger partial charge is 0.407 e. The molecule has 1 amide bonds. The van der Waals surface area contributed by atoms with Crippen LogP contribution in [0.2, 0.25) is 0 Å². The minimum Gasteiger partial charge on any atom is -0.444 e. The number of aldehydes is 1. The second-order valence-electron chi connectivity index (χ2n) is 9.77. The molecule has 3 saturated heterocycles. The number of ether oxygens (including phenoxy) is 3. The van der Waals surface area contributed by atoms with E-state index in [-0.39, 0.29) is 12.0 Å². The van der Waals surface area contributed by atoms with E-state index in [1.165, 1.54) is 32.2 Å². The summed E-state index contributed by atoms with van der Waals surface area (Å²) in [6, 6.07) is 0. The van der Waals surface area contributed by atoms with Gasteiger partial charge in [-0.2, -0.15) is 0 Å². The minimum atomic E-state index is -0.419. The van der Waals surface area contributed by atoms with Gasteiger partial charge in [0.05, 0.1) is 0 Å². The molecule has 174 valence electrons. The Kier molecular flexibility index (Phi) is 11.1. The Morgan fingerprint density at radius 3 is 2.03 bits per heavy atom. The fraction of sp³-hybridized carbons (Fsp3) is 0.913. The van der Waals surface area contributed by atoms with E-state index in [2.05, 4.69) is 10.2 Å². The van der Waals surface area contributed by atoms with Crippen LogP contribution in [0.4, 0.5) is 4.79 Å². The van der Waals surface area contributed by atoms with E-state index in [0.717, 1.165) is 71.1 Å². The lowest BCUT2D eigenvalue weighted by atomic mass is 9.94. The topological polar surface area (TPSA) is 77.1 Å². The summed E-state index contributed by atoms with van der Waals surface area (Å²) in [5.74, 6) is 1.67. The molecule has 0 aliphatic carbocycles. The molecule has 3 heterocycles. The van der Waals surface area contributed by atoms with Crippen molar-refractivity contribution in [1.29, 1.82) is 0 Å². The zero-order valence-corrected chi connectivity index (χ0v) is 19.2. The zero-order chi connectivity index (χ0) is 21.8. The number of amides is 1. The predicted octanol–water partition coefficient (Wildman–Crippen LogP) is 3.26. The number of nitrogens with zero attached hydrogens (tertiary/aromatic N) is 1. The standard InChI is InChI=1S/C17H32N2O3.C6H10O2/c1-17(2,3)22-16(20)18-12-14-4-8-19(9-5-14)13-15-6-10-21-11-7-15;7-5-6-1-3-8-4-2-6/h14-15H,4-13H2,1-3H3,(H,18,20);5-6H,1-4H2. The third-order valence-electron chi connectivity index (χ3n) is 5.96. The molecule has 0 aromatic carbocycles. The van der Waals surface area contributed by atoms with Crippen LogP contribution in [0.25, 0.3) is 0 Å². The summed E-state index contributed by atoms with van der Waals surface area (Å²) in [6.07, 6.45) is 7.32. The Balaban J connectivity index is 0.000000335. The molecule has 1 N–H and O–H groups in total. The number of carbonyl (C=O) groups is 2. The maximum atomic E-state index is 11.7. The van der Waals surface area contributed by atoms with Gasteiger partial charge in [0.2, 0.25) is 0 Å². The van der Waals surface area contributed by atoms with Gasteiger partial charge in [0.15, 0.2) is 0 Å². The summed E-state index contributed by atoms with van der Waals surface area (Å²) in [5.41, 5.74) is -0.419. The molecule has 3 aliphatic rings. The molecule has 0 atom stereocenters. The largest absolute Gasteiger partial charge is 0.444 e. The Labute approximate surface area is 182 Å². The number of carbonyl (C=O) groups excluding carboxylic acids is 2. The van der Waals surface area contributed by atoms with Crippen molar-refractivity contribution in [3.05, 3.63) is 0 Å². The van der Waals surface area contributed by atoms with Gasteiger partial charge in [-0.15, -0.1) is 0 Å². The molecule has 3 fully saturated rings. The van der Waals surface area contributed by atoms with Crippen LogP contribution in [0.5, 0.6) is 0 Å². The molecule has 3 rings (SSSR count). The average molecular weight is 427 g/mol. The minimum absolute atomic E-state index is 0.281. The molecule has 0 aromatic rings. The van der Waals surface area contributed by atoms with Gasteiger partial charge in [-0.3, -0.25) is 0 Å². The highest BCUT2D eigenvalue weighted by Gasteiger charge is 2.24. The van der Waals surface area contributed by atoms with Crippen molar-refractivity contribution >= 4 is 12.4 Å². The lowest BCUT2D eigenvalue weighted by Gasteiger charge is -2.35. The highest BCUT2D eigenvalue weighted by Crippen LogP contribution is 2.21. The van der Waals surface area contributed by atoms with Crippen molar-refractivity contribution in [3.8, 4) is 0 Å². The van der Waals surface area contributed by atoms with Gasteiger partial charge in [0.1, 0.15) is 11.9 Å². The average Bonchev–Trinajstić information content (AvgIpc) is 2.74. The Morgan fingerprint density at radius 1 is 0.967 bits per heavy atom. The van der Waals surface area contributed by atoms with Gasteiger partial charge < -0.3 is 29.2 Å². The molecule has 0 spiro atoms. The SMILES string of the molecule is CC(C)(C)OC(=O)NCC1CCN(CC2CCOCC2)CC1.O=CC1CCOCC1. The second-order valence-corrected chi connectivity index (χ2v) is 9.77. The molecule has 0 saturated carbocycles. The molecule has 7 nitrogen and oxygen atoms in total. The van der Waals surface area contributed by atoms with Crippen molar-refractivity contribution < 1.29 is 23.8 Å². The van der Waals surface area contributed by atoms with Crippen LogP contribution in [-0.4, -0.2) is 75.5 Å². The predicted molar refractivity (Wildman–Crippen MR) is 117 cm³/mol. The van der Waals surface area contributed by atoms with Gasteiger partial charge in [-0.05, 0) is 84.2 Å². The Bertz CT molecular complexity index is 488.